The van der Waals surface area contributed by atoms with Crippen LogP contribution in [0.2, 0.25) is 0 Å². The van der Waals surface area contributed by atoms with Crippen molar-refractivity contribution < 1.29 is 18.0 Å². The van der Waals surface area contributed by atoms with Gasteiger partial charge in [-0.15, -0.1) is 0 Å². The molecule has 0 fully saturated rings. The fourth-order valence-electron chi connectivity index (χ4n) is 1.46. The highest BCUT2D eigenvalue weighted by Crippen LogP contribution is 2.20. The molecule has 6 heteroatoms. The lowest BCUT2D eigenvalue weighted by Gasteiger charge is -2.08. The number of anilines is 1. The van der Waals surface area contributed by atoms with E-state index in [9.17, 15) is 18.0 Å². The molecule has 19 heavy (non-hydrogen) atoms. The summed E-state index contributed by atoms with van der Waals surface area (Å²) in [6.45, 7) is 0. The summed E-state index contributed by atoms with van der Waals surface area (Å²) < 4.78 is 39.8. The van der Waals surface area contributed by atoms with Crippen molar-refractivity contribution in [3.63, 3.8) is 0 Å². The van der Waals surface area contributed by atoms with E-state index in [1.165, 1.54) is 30.3 Å². The van der Waals surface area contributed by atoms with Crippen molar-refractivity contribution >= 4 is 34.2 Å². The summed E-state index contributed by atoms with van der Waals surface area (Å²) in [6.07, 6.45) is 0. The molecule has 0 aliphatic rings. The predicted octanol–water partition coefficient (Wildman–Crippen LogP) is 3.96. The number of hydrogen-bond acceptors (Lipinski definition) is 1. The van der Waals surface area contributed by atoms with E-state index in [1.807, 2.05) is 22.6 Å². The van der Waals surface area contributed by atoms with E-state index < -0.39 is 28.9 Å². The minimum Gasteiger partial charge on any atom is -0.321 e. The molecule has 0 aliphatic carbocycles. The van der Waals surface area contributed by atoms with E-state index in [0.29, 0.717) is 9.26 Å². The molecule has 1 amide bonds. The number of benzene rings is 2. The van der Waals surface area contributed by atoms with Crippen LogP contribution in [-0.4, -0.2) is 5.91 Å². The maximum Gasteiger partial charge on any atom is 0.258 e. The van der Waals surface area contributed by atoms with Gasteiger partial charge in [0.1, 0.15) is 5.82 Å². The maximum atomic E-state index is 13.4. The Morgan fingerprint density at radius 2 is 1.84 bits per heavy atom. The summed E-state index contributed by atoms with van der Waals surface area (Å²) in [5, 5.41) is 2.40. The van der Waals surface area contributed by atoms with Crippen LogP contribution in [-0.2, 0) is 0 Å². The van der Waals surface area contributed by atoms with Crippen LogP contribution < -0.4 is 5.32 Å². The first-order valence-electron chi connectivity index (χ1n) is 5.19. The number of nitrogens with one attached hydrogen (secondary N) is 1. The normalized spacial score (nSPS) is 10.3. The van der Waals surface area contributed by atoms with Crippen LogP contribution in [0.3, 0.4) is 0 Å². The zero-order chi connectivity index (χ0) is 14.0. The Hall–Kier alpha value is -1.57. The molecule has 0 aromatic heterocycles. The summed E-state index contributed by atoms with van der Waals surface area (Å²) >= 11 is 1.83. The van der Waals surface area contributed by atoms with Crippen molar-refractivity contribution in [1.82, 2.24) is 0 Å². The fraction of sp³-hybridized carbons (Fsp3) is 0. The van der Waals surface area contributed by atoms with E-state index in [4.69, 9.17) is 0 Å². The molecule has 2 aromatic rings. The summed E-state index contributed by atoms with van der Waals surface area (Å²) in [7, 11) is 0. The highest BCUT2D eigenvalue weighted by atomic mass is 127. The molecule has 2 nitrogen and oxygen atoms in total. The van der Waals surface area contributed by atoms with Crippen LogP contribution in [0.1, 0.15) is 10.4 Å². The third-order valence-corrected chi connectivity index (χ3v) is 3.27. The molecule has 1 N–H and O–H groups in total. The molecule has 2 aromatic carbocycles. The second kappa shape index (κ2) is 5.60. The quantitative estimate of drug-likeness (QED) is 0.789. The zero-order valence-corrected chi connectivity index (χ0v) is 11.5. The number of halogens is 4. The fourth-order valence-corrected chi connectivity index (χ4v) is 2.07. The van der Waals surface area contributed by atoms with Gasteiger partial charge in [-0.2, -0.15) is 0 Å². The standard InChI is InChI=1S/C13H7F3INO/c14-7-4-5-11(10(17)6-7)18-13(19)8-2-1-3-9(15)12(8)16/h1-6H,(H,18,19). The van der Waals surface area contributed by atoms with Gasteiger partial charge in [0.15, 0.2) is 11.6 Å². The predicted molar refractivity (Wildman–Crippen MR) is 73.4 cm³/mol. The smallest absolute Gasteiger partial charge is 0.258 e. The number of carbonyl (C=O) groups excluding carboxylic acids is 1. The zero-order valence-electron chi connectivity index (χ0n) is 9.38. The lowest BCUT2D eigenvalue weighted by Crippen LogP contribution is -2.15. The summed E-state index contributed by atoms with van der Waals surface area (Å²) in [6, 6.07) is 7.07. The molecule has 2 rings (SSSR count). The van der Waals surface area contributed by atoms with E-state index >= 15 is 0 Å². The van der Waals surface area contributed by atoms with Gasteiger partial charge in [0.2, 0.25) is 0 Å². The number of amides is 1. The average Bonchev–Trinajstić information content (AvgIpc) is 2.36. The van der Waals surface area contributed by atoms with Crippen molar-refractivity contribution in [2.45, 2.75) is 0 Å². The van der Waals surface area contributed by atoms with Gasteiger partial charge in [0.05, 0.1) is 11.3 Å². The molecule has 0 aliphatic heterocycles. The summed E-state index contributed by atoms with van der Waals surface area (Å²) in [4.78, 5) is 11.8. The van der Waals surface area contributed by atoms with E-state index in [0.717, 1.165) is 6.07 Å². The van der Waals surface area contributed by atoms with E-state index in [2.05, 4.69) is 5.32 Å². The third-order valence-electron chi connectivity index (χ3n) is 2.38. The van der Waals surface area contributed by atoms with Crippen LogP contribution in [0.4, 0.5) is 18.9 Å². The van der Waals surface area contributed by atoms with Gasteiger partial charge in [-0.1, -0.05) is 6.07 Å². The van der Waals surface area contributed by atoms with Gasteiger partial charge < -0.3 is 5.32 Å². The largest absolute Gasteiger partial charge is 0.321 e. The van der Waals surface area contributed by atoms with Crippen LogP contribution >= 0.6 is 22.6 Å². The van der Waals surface area contributed by atoms with E-state index in [1.54, 1.807) is 0 Å². The van der Waals surface area contributed by atoms with Gasteiger partial charge in [-0.25, -0.2) is 13.2 Å². The second-order valence-corrected chi connectivity index (χ2v) is 4.84. The Kier molecular flexibility index (Phi) is 4.08. The second-order valence-electron chi connectivity index (χ2n) is 3.68. The molecule has 0 radical (unpaired) electrons. The van der Waals surface area contributed by atoms with Gasteiger partial charge in [-0.3, -0.25) is 4.79 Å². The number of rotatable bonds is 2. The Morgan fingerprint density at radius 3 is 2.53 bits per heavy atom. The number of hydrogen-bond donors (Lipinski definition) is 1. The molecule has 98 valence electrons. The highest BCUT2D eigenvalue weighted by molar-refractivity contribution is 14.1. The molecule has 0 bridgehead atoms. The molecule has 0 unspecified atom stereocenters. The van der Waals surface area contributed by atoms with Crippen molar-refractivity contribution in [1.29, 1.82) is 0 Å². The number of carbonyl (C=O) groups is 1. The van der Waals surface area contributed by atoms with Gasteiger partial charge in [0, 0.05) is 3.57 Å². The van der Waals surface area contributed by atoms with Crippen molar-refractivity contribution in [3.8, 4) is 0 Å². The Morgan fingerprint density at radius 1 is 1.11 bits per heavy atom. The Bertz CT molecular complexity index is 646. The van der Waals surface area contributed by atoms with Gasteiger partial charge >= 0.3 is 0 Å². The molecule has 0 spiro atoms. The molecule has 0 atom stereocenters. The summed E-state index contributed by atoms with van der Waals surface area (Å²) in [5.74, 6) is -3.54. The first-order valence-corrected chi connectivity index (χ1v) is 6.27. The molecular weight excluding hydrogens is 370 g/mol. The lowest BCUT2D eigenvalue weighted by atomic mass is 10.2. The minimum atomic E-state index is -1.21. The maximum absolute atomic E-state index is 13.4. The van der Waals surface area contributed by atoms with Crippen LogP contribution in [0.25, 0.3) is 0 Å². The van der Waals surface area contributed by atoms with Crippen LogP contribution in [0, 0.1) is 21.0 Å². The summed E-state index contributed by atoms with van der Waals surface area (Å²) in [5.41, 5.74) is -0.0733. The van der Waals surface area contributed by atoms with E-state index in [-0.39, 0.29) is 0 Å². The van der Waals surface area contributed by atoms with Crippen molar-refractivity contribution in [2.24, 2.45) is 0 Å². The van der Waals surface area contributed by atoms with Crippen molar-refractivity contribution in [3.05, 3.63) is 63.0 Å². The first-order chi connectivity index (χ1) is 8.99. The average molecular weight is 377 g/mol. The van der Waals surface area contributed by atoms with Crippen LogP contribution in [0.15, 0.2) is 36.4 Å². The third kappa shape index (κ3) is 3.06. The Balaban J connectivity index is 2.28. The van der Waals surface area contributed by atoms with Crippen molar-refractivity contribution in [2.75, 3.05) is 5.32 Å². The van der Waals surface area contributed by atoms with Crippen LogP contribution in [0.5, 0.6) is 0 Å². The first kappa shape index (κ1) is 13.9. The SMILES string of the molecule is O=C(Nc1ccc(F)cc1I)c1cccc(F)c1F. The van der Waals surface area contributed by atoms with Gasteiger partial charge in [0.25, 0.3) is 5.91 Å². The highest BCUT2D eigenvalue weighted by Gasteiger charge is 2.16. The monoisotopic (exact) mass is 377 g/mol. The topological polar surface area (TPSA) is 29.1 Å². The molecule has 0 saturated carbocycles. The lowest BCUT2D eigenvalue weighted by molar-refractivity contribution is 0.102. The minimum absolute atomic E-state index is 0.329. The Labute approximate surface area is 120 Å². The molecule has 0 saturated heterocycles. The van der Waals surface area contributed by atoms with Gasteiger partial charge in [-0.05, 0) is 52.9 Å². The molecule has 0 heterocycles. The molecular formula is C13H7F3INO.